The van der Waals surface area contributed by atoms with Gasteiger partial charge in [0, 0.05) is 5.33 Å². The number of alkyl halides is 1. The zero-order chi connectivity index (χ0) is 5.82. The van der Waals surface area contributed by atoms with Crippen molar-refractivity contribution in [2.45, 2.75) is 5.33 Å². The molecule has 0 aliphatic rings. The largest absolute Gasteiger partial charge is 0.153 e. The van der Waals surface area contributed by atoms with Crippen LogP contribution in [0, 0.1) is 0 Å². The van der Waals surface area contributed by atoms with Crippen molar-refractivity contribution < 1.29 is 0 Å². The molecule has 1 rings (SSSR count). The van der Waals surface area contributed by atoms with Gasteiger partial charge in [0.25, 0.3) is 0 Å². The van der Waals surface area contributed by atoms with Gasteiger partial charge in [-0.3, -0.25) is 0 Å². The Kier molecular flexibility index (Phi) is 5.03. The van der Waals surface area contributed by atoms with Crippen molar-refractivity contribution in [2.75, 3.05) is 0 Å². The van der Waals surface area contributed by atoms with Gasteiger partial charge < -0.3 is 0 Å². The molecule has 0 radical (unpaired) electrons. The molecular formula is C7H10BrP. The van der Waals surface area contributed by atoms with Gasteiger partial charge in [-0.1, -0.05) is 46.3 Å². The lowest BCUT2D eigenvalue weighted by atomic mass is 10.2. The van der Waals surface area contributed by atoms with E-state index < -0.39 is 0 Å². The van der Waals surface area contributed by atoms with Gasteiger partial charge in [-0.05, 0) is 5.56 Å². The molecule has 0 N–H and O–H groups in total. The second kappa shape index (κ2) is 4.96. The summed E-state index contributed by atoms with van der Waals surface area (Å²) in [6, 6.07) is 10.3. The molecule has 1 unspecified atom stereocenters. The van der Waals surface area contributed by atoms with Crippen LogP contribution in [0.3, 0.4) is 0 Å². The number of hydrogen-bond acceptors (Lipinski definition) is 0. The van der Waals surface area contributed by atoms with Gasteiger partial charge in [0.15, 0.2) is 0 Å². The van der Waals surface area contributed by atoms with Crippen LogP contribution in [0.15, 0.2) is 30.3 Å². The smallest absolute Gasteiger partial charge is 0.0283 e. The summed E-state index contributed by atoms with van der Waals surface area (Å²) in [5.41, 5.74) is 1.33. The van der Waals surface area contributed by atoms with Crippen molar-refractivity contribution in [1.82, 2.24) is 0 Å². The normalized spacial score (nSPS) is 8.11. The second-order valence-corrected chi connectivity index (χ2v) is 2.18. The van der Waals surface area contributed by atoms with E-state index >= 15 is 0 Å². The fourth-order valence-corrected chi connectivity index (χ4v) is 0.941. The predicted octanol–water partition coefficient (Wildman–Crippen LogP) is 2.64. The van der Waals surface area contributed by atoms with Gasteiger partial charge in [0.1, 0.15) is 0 Å². The fraction of sp³-hybridized carbons (Fsp3) is 0.143. The highest BCUT2D eigenvalue weighted by atomic mass is 79.9. The van der Waals surface area contributed by atoms with Gasteiger partial charge in [-0.25, -0.2) is 0 Å². The molecule has 2 heteroatoms. The van der Waals surface area contributed by atoms with Crippen LogP contribution in [0.5, 0.6) is 0 Å². The summed E-state index contributed by atoms with van der Waals surface area (Å²) < 4.78 is 0. The highest BCUT2D eigenvalue weighted by Gasteiger charge is 1.81. The first-order valence-corrected chi connectivity index (χ1v) is 3.65. The molecular weight excluding hydrogens is 195 g/mol. The van der Waals surface area contributed by atoms with E-state index in [0.717, 1.165) is 5.33 Å². The molecule has 0 saturated carbocycles. The minimum absolute atomic E-state index is 0. The van der Waals surface area contributed by atoms with Crippen LogP contribution in [-0.2, 0) is 5.33 Å². The number of hydrogen-bond donors (Lipinski definition) is 0. The van der Waals surface area contributed by atoms with Crippen LogP contribution in [0.1, 0.15) is 5.56 Å². The standard InChI is InChI=1S/C7H7Br.H3P/c8-6-7-4-2-1-3-5-7;/h1-5H,6H2;1H3. The summed E-state index contributed by atoms with van der Waals surface area (Å²) >= 11 is 3.36. The molecule has 1 aromatic carbocycles. The van der Waals surface area contributed by atoms with Gasteiger partial charge in [-0.15, -0.1) is 0 Å². The van der Waals surface area contributed by atoms with Crippen LogP contribution in [0.2, 0.25) is 0 Å². The molecule has 0 aliphatic heterocycles. The van der Waals surface area contributed by atoms with E-state index in [0.29, 0.717) is 0 Å². The summed E-state index contributed by atoms with van der Waals surface area (Å²) in [6.45, 7) is 0. The first-order valence-electron chi connectivity index (χ1n) is 2.53. The van der Waals surface area contributed by atoms with E-state index in [1.807, 2.05) is 18.2 Å². The molecule has 0 saturated heterocycles. The molecule has 0 spiro atoms. The van der Waals surface area contributed by atoms with Gasteiger partial charge >= 0.3 is 0 Å². The highest BCUT2D eigenvalue weighted by Crippen LogP contribution is 2.02. The van der Waals surface area contributed by atoms with Crippen molar-refractivity contribution in [2.24, 2.45) is 0 Å². The lowest BCUT2D eigenvalue weighted by Gasteiger charge is -1.88. The molecule has 1 atom stereocenters. The summed E-state index contributed by atoms with van der Waals surface area (Å²) in [4.78, 5) is 0. The van der Waals surface area contributed by atoms with Crippen LogP contribution >= 0.6 is 25.8 Å². The lowest BCUT2D eigenvalue weighted by molar-refractivity contribution is 1.44. The molecule has 50 valence electrons. The minimum atomic E-state index is 0. The quantitative estimate of drug-likeness (QED) is 0.488. The SMILES string of the molecule is BrCc1ccccc1.P. The maximum atomic E-state index is 3.36. The average molecular weight is 205 g/mol. The number of benzene rings is 1. The number of halogens is 1. The van der Waals surface area contributed by atoms with Crippen LogP contribution in [0.25, 0.3) is 0 Å². The zero-order valence-electron chi connectivity index (χ0n) is 5.18. The van der Waals surface area contributed by atoms with Crippen molar-refractivity contribution >= 4 is 25.8 Å². The third-order valence-corrected chi connectivity index (χ3v) is 1.64. The molecule has 0 bridgehead atoms. The van der Waals surface area contributed by atoms with E-state index in [-0.39, 0.29) is 9.90 Å². The maximum Gasteiger partial charge on any atom is 0.0283 e. The first-order chi connectivity index (χ1) is 3.93. The summed E-state index contributed by atoms with van der Waals surface area (Å²) in [7, 11) is 0. The molecule has 1 aromatic rings. The topological polar surface area (TPSA) is 0 Å². The molecule has 0 fully saturated rings. The third kappa shape index (κ3) is 2.98. The van der Waals surface area contributed by atoms with Crippen molar-refractivity contribution in [3.8, 4) is 0 Å². The Morgan fingerprint density at radius 2 is 1.67 bits per heavy atom. The van der Waals surface area contributed by atoms with E-state index in [2.05, 4.69) is 28.1 Å². The van der Waals surface area contributed by atoms with Crippen LogP contribution < -0.4 is 0 Å². The third-order valence-electron chi connectivity index (χ3n) is 0.997. The predicted molar refractivity (Wildman–Crippen MR) is 50.2 cm³/mol. The van der Waals surface area contributed by atoms with E-state index in [1.165, 1.54) is 5.56 Å². The average Bonchev–Trinajstić information content (AvgIpc) is 1.90. The van der Waals surface area contributed by atoms with Crippen molar-refractivity contribution in [3.63, 3.8) is 0 Å². The van der Waals surface area contributed by atoms with E-state index in [9.17, 15) is 0 Å². The molecule has 0 amide bonds. The Hall–Kier alpha value is 0.130. The first kappa shape index (κ1) is 9.13. The second-order valence-electron chi connectivity index (χ2n) is 1.62. The Morgan fingerprint density at radius 1 is 1.11 bits per heavy atom. The van der Waals surface area contributed by atoms with E-state index in [4.69, 9.17) is 0 Å². The highest BCUT2D eigenvalue weighted by molar-refractivity contribution is 9.08. The molecule has 0 aliphatic carbocycles. The number of rotatable bonds is 1. The van der Waals surface area contributed by atoms with Gasteiger partial charge in [0.05, 0.1) is 0 Å². The zero-order valence-corrected chi connectivity index (χ0v) is 8.18. The monoisotopic (exact) mass is 204 g/mol. The summed E-state index contributed by atoms with van der Waals surface area (Å²) in [5.74, 6) is 0. The Morgan fingerprint density at radius 3 is 2.00 bits per heavy atom. The van der Waals surface area contributed by atoms with Crippen LogP contribution in [-0.4, -0.2) is 0 Å². The Bertz CT molecular complexity index is 150. The van der Waals surface area contributed by atoms with Crippen molar-refractivity contribution in [1.29, 1.82) is 0 Å². The van der Waals surface area contributed by atoms with E-state index in [1.54, 1.807) is 0 Å². The summed E-state index contributed by atoms with van der Waals surface area (Å²) in [5, 5.41) is 0.952. The molecule has 0 aromatic heterocycles. The van der Waals surface area contributed by atoms with Crippen molar-refractivity contribution in [3.05, 3.63) is 35.9 Å². The maximum absolute atomic E-state index is 3.36. The minimum Gasteiger partial charge on any atom is -0.153 e. The Balaban J connectivity index is 0.000000640. The van der Waals surface area contributed by atoms with Gasteiger partial charge in [0.2, 0.25) is 0 Å². The molecule has 0 nitrogen and oxygen atoms in total. The van der Waals surface area contributed by atoms with Crippen LogP contribution in [0.4, 0.5) is 0 Å². The fourth-order valence-electron chi connectivity index (χ4n) is 0.567. The van der Waals surface area contributed by atoms with Gasteiger partial charge in [-0.2, -0.15) is 9.90 Å². The molecule has 9 heavy (non-hydrogen) atoms. The summed E-state index contributed by atoms with van der Waals surface area (Å²) in [6.07, 6.45) is 0. The lowest BCUT2D eigenvalue weighted by Crippen LogP contribution is -1.70. The molecule has 0 heterocycles. The Labute approximate surface area is 67.4 Å².